The molecule has 1 heterocycles. The van der Waals surface area contributed by atoms with Crippen molar-refractivity contribution in [2.75, 3.05) is 11.9 Å². The van der Waals surface area contributed by atoms with Crippen molar-refractivity contribution in [3.8, 4) is 11.1 Å². The van der Waals surface area contributed by atoms with E-state index in [9.17, 15) is 23.9 Å². The van der Waals surface area contributed by atoms with E-state index < -0.39 is 35.5 Å². The van der Waals surface area contributed by atoms with E-state index in [1.807, 2.05) is 12.2 Å². The third kappa shape index (κ3) is 3.52. The Hall–Kier alpha value is -3.00. The molecule has 0 saturated heterocycles. The smallest absolute Gasteiger partial charge is 0.341 e. The Balaban J connectivity index is 1.66. The van der Waals surface area contributed by atoms with Crippen molar-refractivity contribution < 1.29 is 28.6 Å². The average Bonchev–Trinajstić information content (AvgIpc) is 3.42. The lowest BCUT2D eigenvalue weighted by Crippen LogP contribution is -2.36. The molecular formula is C22H20FNO5S. The van der Waals surface area contributed by atoms with Crippen LogP contribution in [-0.4, -0.2) is 29.6 Å². The molecular weight excluding hydrogens is 409 g/mol. The Morgan fingerprint density at radius 3 is 2.47 bits per heavy atom. The van der Waals surface area contributed by atoms with Gasteiger partial charge < -0.3 is 15.2 Å². The number of thiophene rings is 1. The standard InChI is InChI=1S/C22H20FNO5S/c1-2-29-22(28)18-15(11-5-7-14(23)8-6-11)10-30-20(18)24-19(25)16-12-3-4-13(9-12)17(16)21(26)27/h3-8,10,12-13,16-17H,2,9H2,1H3,(H,24,25)(H,26,27)/t12-,13-,16+,17-/m0/s1. The number of halogens is 1. The second-order valence-corrected chi connectivity index (χ2v) is 8.29. The van der Waals surface area contributed by atoms with E-state index in [4.69, 9.17) is 4.74 Å². The predicted molar refractivity (Wildman–Crippen MR) is 110 cm³/mol. The van der Waals surface area contributed by atoms with Gasteiger partial charge in [-0.1, -0.05) is 24.3 Å². The lowest BCUT2D eigenvalue weighted by molar-refractivity contribution is -0.146. The first-order chi connectivity index (χ1) is 14.4. The minimum atomic E-state index is -0.990. The zero-order chi connectivity index (χ0) is 21.4. The van der Waals surface area contributed by atoms with Crippen LogP contribution >= 0.6 is 11.3 Å². The Morgan fingerprint density at radius 2 is 1.83 bits per heavy atom. The molecule has 2 bridgehead atoms. The summed E-state index contributed by atoms with van der Waals surface area (Å²) in [6.45, 7) is 1.84. The lowest BCUT2D eigenvalue weighted by Gasteiger charge is -2.23. The van der Waals surface area contributed by atoms with Gasteiger partial charge in [-0.2, -0.15) is 0 Å². The third-order valence-electron chi connectivity index (χ3n) is 5.71. The average molecular weight is 429 g/mol. The van der Waals surface area contributed by atoms with Crippen LogP contribution in [0.4, 0.5) is 9.39 Å². The van der Waals surface area contributed by atoms with Crippen LogP contribution in [0.1, 0.15) is 23.7 Å². The molecule has 1 aromatic carbocycles. The first kappa shape index (κ1) is 20.3. The number of allylic oxidation sites excluding steroid dienone is 2. The number of hydrogen-bond donors (Lipinski definition) is 2. The van der Waals surface area contributed by atoms with Crippen LogP contribution in [0, 0.1) is 29.5 Å². The number of esters is 1. The number of carbonyl (C=O) groups excluding carboxylic acids is 2. The molecule has 1 aromatic heterocycles. The maximum atomic E-state index is 13.3. The summed E-state index contributed by atoms with van der Waals surface area (Å²) in [6.07, 6.45) is 4.42. The summed E-state index contributed by atoms with van der Waals surface area (Å²) in [5.41, 5.74) is 1.33. The molecule has 0 aliphatic heterocycles. The second kappa shape index (κ2) is 8.02. The van der Waals surface area contributed by atoms with Crippen LogP contribution in [0.25, 0.3) is 11.1 Å². The van der Waals surface area contributed by atoms with Gasteiger partial charge in [0.1, 0.15) is 16.4 Å². The minimum Gasteiger partial charge on any atom is -0.481 e. The quantitative estimate of drug-likeness (QED) is 0.531. The molecule has 0 radical (unpaired) electrons. The molecule has 0 spiro atoms. The number of aliphatic carboxylic acids is 1. The number of carbonyl (C=O) groups is 3. The van der Waals surface area contributed by atoms with Crippen LogP contribution in [-0.2, 0) is 14.3 Å². The minimum absolute atomic E-state index is 0.126. The van der Waals surface area contributed by atoms with Gasteiger partial charge in [0.25, 0.3) is 0 Å². The summed E-state index contributed by atoms with van der Waals surface area (Å²) >= 11 is 1.15. The van der Waals surface area contributed by atoms with Gasteiger partial charge in [0.05, 0.1) is 18.4 Å². The van der Waals surface area contributed by atoms with Crippen molar-refractivity contribution >= 4 is 34.2 Å². The summed E-state index contributed by atoms with van der Waals surface area (Å²) < 4.78 is 18.5. The number of ether oxygens (including phenoxy) is 1. The maximum Gasteiger partial charge on any atom is 0.341 e. The van der Waals surface area contributed by atoms with Crippen molar-refractivity contribution in [1.29, 1.82) is 0 Å². The van der Waals surface area contributed by atoms with Crippen molar-refractivity contribution in [2.24, 2.45) is 23.7 Å². The van der Waals surface area contributed by atoms with Gasteiger partial charge in [-0.25, -0.2) is 9.18 Å². The van der Waals surface area contributed by atoms with E-state index >= 15 is 0 Å². The van der Waals surface area contributed by atoms with E-state index in [0.717, 1.165) is 11.3 Å². The first-order valence-corrected chi connectivity index (χ1v) is 10.5. The summed E-state index contributed by atoms with van der Waals surface area (Å²) in [7, 11) is 0. The molecule has 1 saturated carbocycles. The van der Waals surface area contributed by atoms with Gasteiger partial charge in [-0.05, 0) is 42.9 Å². The van der Waals surface area contributed by atoms with E-state index in [0.29, 0.717) is 22.5 Å². The largest absolute Gasteiger partial charge is 0.481 e. The fourth-order valence-corrected chi connectivity index (χ4v) is 5.37. The number of carboxylic acids is 1. The lowest BCUT2D eigenvalue weighted by atomic mass is 9.82. The Morgan fingerprint density at radius 1 is 1.17 bits per heavy atom. The highest BCUT2D eigenvalue weighted by molar-refractivity contribution is 7.15. The van der Waals surface area contributed by atoms with Crippen molar-refractivity contribution in [1.82, 2.24) is 0 Å². The van der Waals surface area contributed by atoms with Gasteiger partial charge in [-0.15, -0.1) is 11.3 Å². The number of nitrogens with one attached hydrogen (secondary N) is 1. The Bertz CT molecular complexity index is 1030. The van der Waals surface area contributed by atoms with Gasteiger partial charge in [0.15, 0.2) is 0 Å². The molecule has 2 aliphatic carbocycles. The number of rotatable bonds is 6. The molecule has 8 heteroatoms. The fourth-order valence-electron chi connectivity index (χ4n) is 4.41. The second-order valence-electron chi connectivity index (χ2n) is 7.41. The highest BCUT2D eigenvalue weighted by Gasteiger charge is 2.51. The van der Waals surface area contributed by atoms with Crippen LogP contribution in [0.15, 0.2) is 41.8 Å². The van der Waals surface area contributed by atoms with E-state index in [1.165, 1.54) is 12.1 Å². The highest BCUT2D eigenvalue weighted by atomic mass is 32.1. The molecule has 2 aromatic rings. The van der Waals surface area contributed by atoms with E-state index in [-0.39, 0.29) is 24.0 Å². The summed E-state index contributed by atoms with van der Waals surface area (Å²) in [5, 5.41) is 14.4. The van der Waals surface area contributed by atoms with E-state index in [2.05, 4.69) is 5.32 Å². The van der Waals surface area contributed by atoms with Gasteiger partial charge in [0, 0.05) is 10.9 Å². The highest BCUT2D eigenvalue weighted by Crippen LogP contribution is 2.49. The van der Waals surface area contributed by atoms with Crippen molar-refractivity contribution in [3.05, 3.63) is 53.2 Å². The monoisotopic (exact) mass is 429 g/mol. The van der Waals surface area contributed by atoms with Crippen LogP contribution in [0.5, 0.6) is 0 Å². The van der Waals surface area contributed by atoms with Crippen LogP contribution < -0.4 is 5.32 Å². The predicted octanol–water partition coefficient (Wildman–Crippen LogP) is 4.19. The number of fused-ring (bicyclic) bond motifs is 2. The fraction of sp³-hybridized carbons (Fsp3) is 0.318. The molecule has 6 nitrogen and oxygen atoms in total. The molecule has 4 atom stereocenters. The van der Waals surface area contributed by atoms with Gasteiger partial charge in [-0.3, -0.25) is 9.59 Å². The molecule has 2 aliphatic rings. The maximum absolute atomic E-state index is 13.3. The van der Waals surface area contributed by atoms with Gasteiger partial charge in [0.2, 0.25) is 5.91 Å². The molecule has 30 heavy (non-hydrogen) atoms. The number of hydrogen-bond acceptors (Lipinski definition) is 5. The van der Waals surface area contributed by atoms with Crippen LogP contribution in [0.3, 0.4) is 0 Å². The number of amides is 1. The number of benzene rings is 1. The number of carboxylic acid groups (broad SMARTS) is 1. The summed E-state index contributed by atoms with van der Waals surface area (Å²) in [4.78, 5) is 37.4. The van der Waals surface area contributed by atoms with Crippen molar-refractivity contribution in [3.63, 3.8) is 0 Å². The summed E-state index contributed by atoms with van der Waals surface area (Å²) in [5.74, 6) is -4.15. The van der Waals surface area contributed by atoms with Gasteiger partial charge >= 0.3 is 11.9 Å². The molecule has 1 fully saturated rings. The normalized spacial score (nSPS) is 24.1. The zero-order valence-electron chi connectivity index (χ0n) is 16.1. The van der Waals surface area contributed by atoms with Crippen molar-refractivity contribution in [2.45, 2.75) is 13.3 Å². The Labute approximate surface area is 176 Å². The Kier molecular flexibility index (Phi) is 5.42. The topological polar surface area (TPSA) is 92.7 Å². The van der Waals surface area contributed by atoms with Crippen LogP contribution in [0.2, 0.25) is 0 Å². The number of anilines is 1. The zero-order valence-corrected chi connectivity index (χ0v) is 16.9. The molecule has 4 rings (SSSR count). The third-order valence-corrected chi connectivity index (χ3v) is 6.61. The summed E-state index contributed by atoms with van der Waals surface area (Å²) in [6, 6.07) is 5.68. The first-order valence-electron chi connectivity index (χ1n) is 9.67. The SMILES string of the molecule is CCOC(=O)c1c(-c2ccc(F)cc2)csc1NC(=O)[C@H]1[C@@H](C(=O)O)[C@H]2C=C[C@H]1C2. The molecule has 156 valence electrons. The molecule has 2 N–H and O–H groups in total. The molecule has 1 amide bonds. The molecule has 0 unspecified atom stereocenters. The van der Waals surface area contributed by atoms with E-state index in [1.54, 1.807) is 24.4 Å².